The van der Waals surface area contributed by atoms with Crippen molar-refractivity contribution >= 4 is 37.5 Å². The molecule has 2 aromatic carbocycles. The first-order valence-electron chi connectivity index (χ1n) is 8.40. The molecular formula is C19H23BrN2O4S. The lowest BCUT2D eigenvalue weighted by molar-refractivity contribution is -0.118. The minimum absolute atomic E-state index is 0.147. The van der Waals surface area contributed by atoms with Crippen LogP contribution in [0.3, 0.4) is 0 Å². The maximum absolute atomic E-state index is 12.2. The van der Waals surface area contributed by atoms with Gasteiger partial charge in [0.1, 0.15) is 5.75 Å². The maximum atomic E-state index is 12.2. The van der Waals surface area contributed by atoms with Crippen LogP contribution >= 0.6 is 15.9 Å². The van der Waals surface area contributed by atoms with E-state index in [1.165, 1.54) is 24.3 Å². The summed E-state index contributed by atoms with van der Waals surface area (Å²) in [6, 6.07) is 9.60. The Bertz CT molecular complexity index is 902. The second kappa shape index (κ2) is 8.86. The highest BCUT2D eigenvalue weighted by molar-refractivity contribution is 9.10. The van der Waals surface area contributed by atoms with Gasteiger partial charge in [0.15, 0.2) is 6.61 Å². The van der Waals surface area contributed by atoms with Crippen molar-refractivity contribution < 1.29 is 17.9 Å². The fraction of sp³-hybridized carbons (Fsp3) is 0.316. The van der Waals surface area contributed by atoms with Gasteiger partial charge in [0, 0.05) is 16.2 Å². The fourth-order valence-corrected chi connectivity index (χ4v) is 4.46. The van der Waals surface area contributed by atoms with E-state index in [9.17, 15) is 13.2 Å². The van der Waals surface area contributed by atoms with Crippen molar-refractivity contribution in [3.63, 3.8) is 0 Å². The summed E-state index contributed by atoms with van der Waals surface area (Å²) in [6.07, 6.45) is 0. The lowest BCUT2D eigenvalue weighted by Gasteiger charge is -2.13. The van der Waals surface area contributed by atoms with Gasteiger partial charge < -0.3 is 10.1 Å². The van der Waals surface area contributed by atoms with E-state index in [2.05, 4.69) is 26.0 Å². The maximum Gasteiger partial charge on any atom is 0.262 e. The first-order valence-corrected chi connectivity index (χ1v) is 10.7. The van der Waals surface area contributed by atoms with Crippen LogP contribution in [0.15, 0.2) is 45.8 Å². The number of hydrogen-bond acceptors (Lipinski definition) is 4. The first kappa shape index (κ1) is 21.4. The molecule has 0 saturated carbocycles. The second-order valence-electron chi connectivity index (χ2n) is 6.50. The lowest BCUT2D eigenvalue weighted by Crippen LogP contribution is -2.30. The highest BCUT2D eigenvalue weighted by atomic mass is 79.9. The molecule has 0 heterocycles. The molecule has 0 fully saturated rings. The number of carbonyl (C=O) groups is 1. The molecule has 0 aliphatic rings. The molecule has 2 rings (SSSR count). The zero-order valence-electron chi connectivity index (χ0n) is 15.7. The SMILES string of the molecule is Cc1cc(Br)cc(C)c1NC(=O)COc1ccc(S(=O)(=O)NC(C)C)cc1. The summed E-state index contributed by atoms with van der Waals surface area (Å²) in [7, 11) is -3.55. The normalized spacial score (nSPS) is 11.5. The average Bonchev–Trinajstić information content (AvgIpc) is 2.55. The van der Waals surface area contributed by atoms with E-state index in [4.69, 9.17) is 4.74 Å². The third-order valence-electron chi connectivity index (χ3n) is 3.66. The Hall–Kier alpha value is -1.90. The molecule has 0 saturated heterocycles. The van der Waals surface area contributed by atoms with E-state index in [0.717, 1.165) is 21.3 Å². The van der Waals surface area contributed by atoms with Gasteiger partial charge >= 0.3 is 0 Å². The summed E-state index contributed by atoms with van der Waals surface area (Å²) in [5, 5.41) is 2.84. The minimum atomic E-state index is -3.55. The quantitative estimate of drug-likeness (QED) is 0.666. The molecule has 2 N–H and O–H groups in total. The molecular weight excluding hydrogens is 432 g/mol. The van der Waals surface area contributed by atoms with E-state index < -0.39 is 10.0 Å². The van der Waals surface area contributed by atoms with Crippen LogP contribution in [-0.2, 0) is 14.8 Å². The number of nitrogens with one attached hydrogen (secondary N) is 2. The van der Waals surface area contributed by atoms with E-state index in [0.29, 0.717) is 5.75 Å². The van der Waals surface area contributed by atoms with Crippen molar-refractivity contribution in [1.29, 1.82) is 0 Å². The number of ether oxygens (including phenoxy) is 1. The predicted octanol–water partition coefficient (Wildman–Crippen LogP) is 3.77. The van der Waals surface area contributed by atoms with Gasteiger partial charge in [-0.3, -0.25) is 4.79 Å². The molecule has 0 unspecified atom stereocenters. The predicted molar refractivity (Wildman–Crippen MR) is 110 cm³/mol. The molecule has 2 aromatic rings. The van der Waals surface area contributed by atoms with Crippen molar-refractivity contribution in [3.05, 3.63) is 52.0 Å². The van der Waals surface area contributed by atoms with Gasteiger partial charge in [-0.15, -0.1) is 0 Å². The van der Waals surface area contributed by atoms with Crippen LogP contribution in [0, 0.1) is 13.8 Å². The third kappa shape index (κ3) is 6.05. The number of carbonyl (C=O) groups excluding carboxylic acids is 1. The van der Waals surface area contributed by atoms with Crippen LogP contribution in [0.1, 0.15) is 25.0 Å². The number of rotatable bonds is 7. The number of aryl methyl sites for hydroxylation is 2. The van der Waals surface area contributed by atoms with Gasteiger partial charge in [0.25, 0.3) is 5.91 Å². The van der Waals surface area contributed by atoms with Crippen LogP contribution in [-0.4, -0.2) is 27.0 Å². The molecule has 146 valence electrons. The monoisotopic (exact) mass is 454 g/mol. The van der Waals surface area contributed by atoms with Crippen molar-refractivity contribution in [2.75, 3.05) is 11.9 Å². The van der Waals surface area contributed by atoms with Gasteiger partial charge in [-0.2, -0.15) is 0 Å². The number of amides is 1. The van der Waals surface area contributed by atoms with Gasteiger partial charge in [0.2, 0.25) is 10.0 Å². The molecule has 0 atom stereocenters. The summed E-state index contributed by atoms with van der Waals surface area (Å²) in [5.41, 5.74) is 2.65. The zero-order chi connectivity index (χ0) is 20.2. The van der Waals surface area contributed by atoms with Crippen LogP contribution in [0.25, 0.3) is 0 Å². The summed E-state index contributed by atoms with van der Waals surface area (Å²) >= 11 is 3.42. The number of anilines is 1. The first-order chi connectivity index (χ1) is 12.6. The Labute approximate surface area is 168 Å². The Morgan fingerprint density at radius 3 is 2.19 bits per heavy atom. The topological polar surface area (TPSA) is 84.5 Å². The Kier molecular flexibility index (Phi) is 7.02. The molecule has 0 bridgehead atoms. The molecule has 0 aliphatic heterocycles. The zero-order valence-corrected chi connectivity index (χ0v) is 18.1. The molecule has 27 heavy (non-hydrogen) atoms. The smallest absolute Gasteiger partial charge is 0.262 e. The van der Waals surface area contributed by atoms with E-state index >= 15 is 0 Å². The Morgan fingerprint density at radius 1 is 1.11 bits per heavy atom. The van der Waals surface area contributed by atoms with Crippen LogP contribution in [0.5, 0.6) is 5.75 Å². The largest absolute Gasteiger partial charge is 0.484 e. The molecule has 1 amide bonds. The summed E-state index contributed by atoms with van der Waals surface area (Å²) in [5.74, 6) is 0.125. The number of benzene rings is 2. The fourth-order valence-electron chi connectivity index (χ4n) is 2.53. The van der Waals surface area contributed by atoms with Gasteiger partial charge in [-0.25, -0.2) is 13.1 Å². The third-order valence-corrected chi connectivity index (χ3v) is 5.79. The number of halogens is 1. The van der Waals surface area contributed by atoms with E-state index in [1.54, 1.807) is 13.8 Å². The Balaban J connectivity index is 1.98. The highest BCUT2D eigenvalue weighted by Gasteiger charge is 2.15. The van der Waals surface area contributed by atoms with Gasteiger partial charge in [-0.05, 0) is 75.2 Å². The van der Waals surface area contributed by atoms with Crippen molar-refractivity contribution in [2.45, 2.75) is 38.6 Å². The molecule has 6 nitrogen and oxygen atoms in total. The van der Waals surface area contributed by atoms with Gasteiger partial charge in [0.05, 0.1) is 4.90 Å². The molecule has 0 aromatic heterocycles. The van der Waals surface area contributed by atoms with Crippen molar-refractivity contribution in [2.24, 2.45) is 0 Å². The molecule has 8 heteroatoms. The summed E-state index contributed by atoms with van der Waals surface area (Å²) in [6.45, 7) is 7.16. The Morgan fingerprint density at radius 2 is 1.67 bits per heavy atom. The molecule has 0 spiro atoms. The highest BCUT2D eigenvalue weighted by Crippen LogP contribution is 2.25. The average molecular weight is 455 g/mol. The second-order valence-corrected chi connectivity index (χ2v) is 9.13. The van der Waals surface area contributed by atoms with Crippen molar-refractivity contribution in [1.82, 2.24) is 4.72 Å². The summed E-state index contributed by atoms with van der Waals surface area (Å²) < 4.78 is 33.1. The standard InChI is InChI=1S/C19H23BrN2O4S/c1-12(2)22-27(24,25)17-7-5-16(6-8-17)26-11-18(23)21-19-13(3)9-15(20)10-14(19)4/h5-10,12,22H,11H2,1-4H3,(H,21,23). The van der Waals surface area contributed by atoms with Crippen molar-refractivity contribution in [3.8, 4) is 5.75 Å². The molecule has 0 radical (unpaired) electrons. The number of sulfonamides is 1. The van der Waals surface area contributed by atoms with Crippen LogP contribution < -0.4 is 14.8 Å². The molecule has 0 aliphatic carbocycles. The minimum Gasteiger partial charge on any atom is -0.484 e. The van der Waals surface area contributed by atoms with Crippen LogP contribution in [0.4, 0.5) is 5.69 Å². The van der Waals surface area contributed by atoms with Gasteiger partial charge in [-0.1, -0.05) is 15.9 Å². The summed E-state index contributed by atoms with van der Waals surface area (Å²) in [4.78, 5) is 12.3. The van der Waals surface area contributed by atoms with E-state index in [1.807, 2.05) is 26.0 Å². The lowest BCUT2D eigenvalue weighted by atomic mass is 10.1. The van der Waals surface area contributed by atoms with Crippen LogP contribution in [0.2, 0.25) is 0 Å². The van der Waals surface area contributed by atoms with E-state index in [-0.39, 0.29) is 23.5 Å². The number of hydrogen-bond donors (Lipinski definition) is 2.